The van der Waals surface area contributed by atoms with Gasteiger partial charge in [0.15, 0.2) is 0 Å². The standard InChI is InChI=1S/C27H30N2O/c1-2-22-13-15-23(16-14-22)21-26(30)28-17-19-29(20-18-28)27(24-9-5-3-6-10-24)25-11-7-4-8-12-25/h3-16,27H,2,17-21H2,1H3. The maximum absolute atomic E-state index is 12.8. The monoisotopic (exact) mass is 398 g/mol. The zero-order valence-electron chi connectivity index (χ0n) is 17.7. The summed E-state index contributed by atoms with van der Waals surface area (Å²) in [7, 11) is 0. The third kappa shape index (κ3) is 4.80. The summed E-state index contributed by atoms with van der Waals surface area (Å²) in [5, 5.41) is 0. The summed E-state index contributed by atoms with van der Waals surface area (Å²) >= 11 is 0. The van der Waals surface area contributed by atoms with Crippen molar-refractivity contribution in [1.29, 1.82) is 0 Å². The number of carbonyl (C=O) groups excluding carboxylic acids is 1. The second kappa shape index (κ2) is 9.73. The molecule has 3 aromatic carbocycles. The number of amides is 1. The highest BCUT2D eigenvalue weighted by Gasteiger charge is 2.28. The highest BCUT2D eigenvalue weighted by molar-refractivity contribution is 5.78. The topological polar surface area (TPSA) is 23.6 Å². The predicted octanol–water partition coefficient (Wildman–Crippen LogP) is 4.73. The SMILES string of the molecule is CCc1ccc(CC(=O)N2CCN(C(c3ccccc3)c3ccccc3)CC2)cc1. The van der Waals surface area contributed by atoms with E-state index < -0.39 is 0 Å². The molecule has 154 valence electrons. The first-order valence-electron chi connectivity index (χ1n) is 10.9. The van der Waals surface area contributed by atoms with Crippen molar-refractivity contribution in [2.45, 2.75) is 25.8 Å². The van der Waals surface area contributed by atoms with E-state index in [-0.39, 0.29) is 11.9 Å². The zero-order valence-corrected chi connectivity index (χ0v) is 17.7. The van der Waals surface area contributed by atoms with E-state index in [1.165, 1.54) is 16.7 Å². The molecule has 1 aliphatic rings. The van der Waals surface area contributed by atoms with Gasteiger partial charge in [0.2, 0.25) is 5.91 Å². The van der Waals surface area contributed by atoms with E-state index in [2.05, 4.69) is 96.8 Å². The number of hydrogen-bond donors (Lipinski definition) is 0. The van der Waals surface area contributed by atoms with Crippen molar-refractivity contribution in [2.24, 2.45) is 0 Å². The van der Waals surface area contributed by atoms with Gasteiger partial charge in [0.25, 0.3) is 0 Å². The van der Waals surface area contributed by atoms with E-state index in [1.807, 2.05) is 4.90 Å². The van der Waals surface area contributed by atoms with E-state index in [9.17, 15) is 4.79 Å². The Morgan fingerprint density at radius 3 is 1.73 bits per heavy atom. The number of hydrogen-bond acceptors (Lipinski definition) is 2. The average Bonchev–Trinajstić information content (AvgIpc) is 2.81. The van der Waals surface area contributed by atoms with Crippen molar-refractivity contribution in [3.63, 3.8) is 0 Å². The van der Waals surface area contributed by atoms with Gasteiger partial charge in [0.05, 0.1) is 12.5 Å². The first-order chi connectivity index (χ1) is 14.7. The summed E-state index contributed by atoms with van der Waals surface area (Å²) in [6.07, 6.45) is 1.52. The molecule has 3 heteroatoms. The molecule has 0 spiro atoms. The number of piperazine rings is 1. The van der Waals surface area contributed by atoms with Gasteiger partial charge in [-0.3, -0.25) is 9.69 Å². The third-order valence-electron chi connectivity index (χ3n) is 6.05. The van der Waals surface area contributed by atoms with Crippen LogP contribution in [0.15, 0.2) is 84.9 Å². The predicted molar refractivity (Wildman–Crippen MR) is 122 cm³/mol. The zero-order chi connectivity index (χ0) is 20.8. The maximum Gasteiger partial charge on any atom is 0.227 e. The van der Waals surface area contributed by atoms with E-state index in [1.54, 1.807) is 0 Å². The minimum atomic E-state index is 0.228. The van der Waals surface area contributed by atoms with Crippen LogP contribution in [-0.4, -0.2) is 41.9 Å². The second-order valence-electron chi connectivity index (χ2n) is 7.99. The number of nitrogens with zero attached hydrogens (tertiary/aromatic N) is 2. The van der Waals surface area contributed by atoms with Gasteiger partial charge in [-0.1, -0.05) is 91.9 Å². The normalized spacial score (nSPS) is 14.8. The van der Waals surface area contributed by atoms with Crippen LogP contribution in [0.1, 0.15) is 35.2 Å². The average molecular weight is 399 g/mol. The molecule has 1 saturated heterocycles. The molecule has 1 heterocycles. The summed E-state index contributed by atoms with van der Waals surface area (Å²) in [5.74, 6) is 0.231. The summed E-state index contributed by atoms with van der Waals surface area (Å²) in [5.41, 5.74) is 5.03. The molecule has 0 atom stereocenters. The van der Waals surface area contributed by atoms with Crippen molar-refractivity contribution in [3.8, 4) is 0 Å². The highest BCUT2D eigenvalue weighted by Crippen LogP contribution is 2.29. The number of rotatable bonds is 6. The van der Waals surface area contributed by atoms with E-state index in [0.29, 0.717) is 6.42 Å². The minimum Gasteiger partial charge on any atom is -0.340 e. The molecule has 0 saturated carbocycles. The molecule has 30 heavy (non-hydrogen) atoms. The van der Waals surface area contributed by atoms with E-state index >= 15 is 0 Å². The number of benzene rings is 3. The van der Waals surface area contributed by atoms with Crippen molar-refractivity contribution < 1.29 is 4.79 Å². The van der Waals surface area contributed by atoms with Crippen molar-refractivity contribution in [1.82, 2.24) is 9.80 Å². The molecule has 1 amide bonds. The van der Waals surface area contributed by atoms with Gasteiger partial charge < -0.3 is 4.90 Å². The van der Waals surface area contributed by atoms with E-state index in [0.717, 1.165) is 38.2 Å². The van der Waals surface area contributed by atoms with Crippen molar-refractivity contribution in [3.05, 3.63) is 107 Å². The fraction of sp³-hybridized carbons (Fsp3) is 0.296. The molecule has 0 aromatic heterocycles. The summed E-state index contributed by atoms with van der Waals surface area (Å²) in [6.45, 7) is 5.48. The lowest BCUT2D eigenvalue weighted by Crippen LogP contribution is -2.50. The third-order valence-corrected chi connectivity index (χ3v) is 6.05. The Balaban J connectivity index is 1.42. The lowest BCUT2D eigenvalue weighted by atomic mass is 9.96. The van der Waals surface area contributed by atoms with Crippen LogP contribution in [0, 0.1) is 0 Å². The van der Waals surface area contributed by atoms with Gasteiger partial charge >= 0.3 is 0 Å². The highest BCUT2D eigenvalue weighted by atomic mass is 16.2. The Labute approximate surface area is 180 Å². The first kappa shape index (κ1) is 20.4. The van der Waals surface area contributed by atoms with Crippen molar-refractivity contribution in [2.75, 3.05) is 26.2 Å². The largest absolute Gasteiger partial charge is 0.340 e. The number of aryl methyl sites for hydroxylation is 1. The first-order valence-corrected chi connectivity index (χ1v) is 10.9. The van der Waals surface area contributed by atoms with Gasteiger partial charge in [-0.2, -0.15) is 0 Å². The fourth-order valence-corrected chi connectivity index (χ4v) is 4.29. The summed E-state index contributed by atoms with van der Waals surface area (Å²) in [4.78, 5) is 17.4. The van der Waals surface area contributed by atoms with Gasteiger partial charge in [-0.25, -0.2) is 0 Å². The Kier molecular flexibility index (Phi) is 6.60. The molecule has 3 aromatic rings. The van der Waals surface area contributed by atoms with Crippen LogP contribution in [0.5, 0.6) is 0 Å². The lowest BCUT2D eigenvalue weighted by molar-refractivity contribution is -0.132. The smallest absolute Gasteiger partial charge is 0.227 e. The quantitative estimate of drug-likeness (QED) is 0.600. The molecule has 3 nitrogen and oxygen atoms in total. The van der Waals surface area contributed by atoms with Gasteiger partial charge in [-0.15, -0.1) is 0 Å². The molecule has 0 unspecified atom stereocenters. The van der Waals surface area contributed by atoms with Crippen LogP contribution in [0.25, 0.3) is 0 Å². The van der Waals surface area contributed by atoms with Crippen LogP contribution in [0.2, 0.25) is 0 Å². The molecule has 0 aliphatic carbocycles. The molecule has 0 N–H and O–H groups in total. The van der Waals surface area contributed by atoms with Crippen LogP contribution in [0.4, 0.5) is 0 Å². The number of carbonyl (C=O) groups is 1. The molecule has 4 rings (SSSR count). The van der Waals surface area contributed by atoms with Crippen LogP contribution >= 0.6 is 0 Å². The Hall–Kier alpha value is -2.91. The lowest BCUT2D eigenvalue weighted by Gasteiger charge is -2.40. The summed E-state index contributed by atoms with van der Waals surface area (Å²) in [6, 6.07) is 30.0. The molecular weight excluding hydrogens is 368 g/mol. The summed E-state index contributed by atoms with van der Waals surface area (Å²) < 4.78 is 0. The van der Waals surface area contributed by atoms with Crippen LogP contribution in [0.3, 0.4) is 0 Å². The molecule has 1 fully saturated rings. The molecule has 0 bridgehead atoms. The van der Waals surface area contributed by atoms with Crippen LogP contribution in [-0.2, 0) is 17.6 Å². The Bertz CT molecular complexity index is 890. The fourth-order valence-electron chi connectivity index (χ4n) is 4.29. The van der Waals surface area contributed by atoms with Crippen LogP contribution < -0.4 is 0 Å². The molecule has 0 radical (unpaired) electrons. The molecular formula is C27H30N2O. The van der Waals surface area contributed by atoms with Gasteiger partial charge in [0.1, 0.15) is 0 Å². The Morgan fingerprint density at radius 1 is 0.733 bits per heavy atom. The Morgan fingerprint density at radius 2 is 1.23 bits per heavy atom. The maximum atomic E-state index is 12.8. The van der Waals surface area contributed by atoms with E-state index in [4.69, 9.17) is 0 Å². The molecule has 1 aliphatic heterocycles. The minimum absolute atomic E-state index is 0.228. The van der Waals surface area contributed by atoms with Crippen molar-refractivity contribution >= 4 is 5.91 Å². The van der Waals surface area contributed by atoms with Gasteiger partial charge in [-0.05, 0) is 28.7 Å². The second-order valence-corrected chi connectivity index (χ2v) is 7.99. The van der Waals surface area contributed by atoms with Gasteiger partial charge in [0, 0.05) is 26.2 Å².